The van der Waals surface area contributed by atoms with Gasteiger partial charge in [0, 0.05) is 37.4 Å². The van der Waals surface area contributed by atoms with Crippen LogP contribution in [0.1, 0.15) is 31.2 Å². The molecule has 2 aliphatic rings. The molecule has 1 amide bonds. The SMILES string of the molecule is Nc1cccc(CN(C(=O)C2CCOCC2)C2CC2)c1. The molecule has 0 bridgehead atoms. The van der Waals surface area contributed by atoms with Crippen molar-refractivity contribution in [1.29, 1.82) is 0 Å². The van der Waals surface area contributed by atoms with E-state index in [1.807, 2.05) is 24.3 Å². The molecule has 0 aromatic heterocycles. The smallest absolute Gasteiger partial charge is 0.226 e. The highest BCUT2D eigenvalue weighted by atomic mass is 16.5. The lowest BCUT2D eigenvalue weighted by Gasteiger charge is -2.29. The van der Waals surface area contributed by atoms with Gasteiger partial charge < -0.3 is 15.4 Å². The lowest BCUT2D eigenvalue weighted by Crippen LogP contribution is -2.39. The molecule has 2 N–H and O–H groups in total. The average Bonchev–Trinajstić information content (AvgIpc) is 3.30. The fraction of sp³-hybridized carbons (Fsp3) is 0.562. The minimum atomic E-state index is 0.144. The highest BCUT2D eigenvalue weighted by Gasteiger charge is 2.36. The summed E-state index contributed by atoms with van der Waals surface area (Å²) in [6.07, 6.45) is 3.99. The number of amides is 1. The number of nitrogens with two attached hydrogens (primary N) is 1. The van der Waals surface area contributed by atoms with Crippen molar-refractivity contribution < 1.29 is 9.53 Å². The molecular formula is C16H22N2O2. The summed E-state index contributed by atoms with van der Waals surface area (Å²) >= 11 is 0. The predicted molar refractivity (Wildman–Crippen MR) is 78.0 cm³/mol. The predicted octanol–water partition coefficient (Wildman–Crippen LogP) is 2.19. The standard InChI is InChI=1S/C16H22N2O2/c17-14-3-1-2-12(10-14)11-18(15-4-5-15)16(19)13-6-8-20-9-7-13/h1-3,10,13,15H,4-9,11,17H2. The van der Waals surface area contributed by atoms with Crippen molar-refractivity contribution in [2.24, 2.45) is 5.92 Å². The Labute approximate surface area is 119 Å². The largest absolute Gasteiger partial charge is 0.399 e. The Bertz CT molecular complexity index is 479. The number of nitrogens with zero attached hydrogens (tertiary/aromatic N) is 1. The van der Waals surface area contributed by atoms with E-state index >= 15 is 0 Å². The number of carbonyl (C=O) groups is 1. The summed E-state index contributed by atoms with van der Waals surface area (Å²) in [6, 6.07) is 8.28. The Kier molecular flexibility index (Phi) is 3.92. The van der Waals surface area contributed by atoms with E-state index in [1.54, 1.807) is 0 Å². The maximum atomic E-state index is 12.7. The van der Waals surface area contributed by atoms with Crippen LogP contribution < -0.4 is 5.73 Å². The van der Waals surface area contributed by atoms with E-state index in [4.69, 9.17) is 10.5 Å². The summed E-state index contributed by atoms with van der Waals surface area (Å²) < 4.78 is 5.35. The molecule has 3 rings (SSSR count). The average molecular weight is 274 g/mol. The maximum Gasteiger partial charge on any atom is 0.226 e. The molecule has 0 atom stereocenters. The van der Waals surface area contributed by atoms with Gasteiger partial charge in [0.1, 0.15) is 0 Å². The van der Waals surface area contributed by atoms with E-state index in [1.165, 1.54) is 0 Å². The van der Waals surface area contributed by atoms with Crippen molar-refractivity contribution in [2.75, 3.05) is 18.9 Å². The van der Waals surface area contributed by atoms with Gasteiger partial charge in [-0.05, 0) is 43.4 Å². The second-order valence-electron chi connectivity index (χ2n) is 5.83. The molecule has 1 aliphatic carbocycles. The molecule has 2 fully saturated rings. The number of nitrogen functional groups attached to an aromatic ring is 1. The number of rotatable bonds is 4. The van der Waals surface area contributed by atoms with Crippen LogP contribution in [0.5, 0.6) is 0 Å². The van der Waals surface area contributed by atoms with Gasteiger partial charge in [-0.1, -0.05) is 12.1 Å². The Hall–Kier alpha value is -1.55. The number of ether oxygens (including phenoxy) is 1. The third kappa shape index (κ3) is 3.12. The van der Waals surface area contributed by atoms with E-state index in [0.29, 0.717) is 31.7 Å². The summed E-state index contributed by atoms with van der Waals surface area (Å²) in [7, 11) is 0. The number of hydrogen-bond donors (Lipinski definition) is 1. The van der Waals surface area contributed by atoms with Crippen LogP contribution in [0, 0.1) is 5.92 Å². The van der Waals surface area contributed by atoms with Gasteiger partial charge >= 0.3 is 0 Å². The van der Waals surface area contributed by atoms with Gasteiger partial charge in [-0.25, -0.2) is 0 Å². The van der Waals surface area contributed by atoms with E-state index in [9.17, 15) is 4.79 Å². The molecule has 1 heterocycles. The van der Waals surface area contributed by atoms with Crippen molar-refractivity contribution >= 4 is 11.6 Å². The van der Waals surface area contributed by atoms with Crippen LogP contribution in [0.3, 0.4) is 0 Å². The van der Waals surface area contributed by atoms with Crippen LogP contribution in [0.15, 0.2) is 24.3 Å². The minimum absolute atomic E-state index is 0.144. The van der Waals surface area contributed by atoms with Gasteiger partial charge in [0.2, 0.25) is 5.91 Å². The van der Waals surface area contributed by atoms with Crippen LogP contribution in [0.2, 0.25) is 0 Å². The number of hydrogen-bond acceptors (Lipinski definition) is 3. The molecule has 0 spiro atoms. The highest BCUT2D eigenvalue weighted by Crippen LogP contribution is 2.31. The lowest BCUT2D eigenvalue weighted by atomic mass is 9.98. The lowest BCUT2D eigenvalue weighted by molar-refractivity contribution is -0.139. The fourth-order valence-electron chi connectivity index (χ4n) is 2.84. The molecule has 20 heavy (non-hydrogen) atoms. The van der Waals surface area contributed by atoms with Crippen molar-refractivity contribution in [3.63, 3.8) is 0 Å². The van der Waals surface area contributed by atoms with E-state index in [0.717, 1.165) is 36.9 Å². The third-order valence-electron chi connectivity index (χ3n) is 4.15. The first-order valence-corrected chi connectivity index (χ1v) is 7.46. The maximum absolute atomic E-state index is 12.7. The first kappa shape index (κ1) is 13.4. The third-order valence-corrected chi connectivity index (χ3v) is 4.15. The van der Waals surface area contributed by atoms with Crippen LogP contribution >= 0.6 is 0 Å². The Morgan fingerprint density at radius 1 is 1.25 bits per heavy atom. The van der Waals surface area contributed by atoms with E-state index in [2.05, 4.69) is 4.90 Å². The first-order chi connectivity index (χ1) is 9.74. The molecular weight excluding hydrogens is 252 g/mol. The van der Waals surface area contributed by atoms with Crippen LogP contribution in [0.25, 0.3) is 0 Å². The summed E-state index contributed by atoms with van der Waals surface area (Å²) in [5.74, 6) is 0.448. The molecule has 0 unspecified atom stereocenters. The topological polar surface area (TPSA) is 55.6 Å². The summed E-state index contributed by atoms with van der Waals surface area (Å²) in [6.45, 7) is 2.12. The van der Waals surface area contributed by atoms with Crippen LogP contribution in [-0.2, 0) is 16.1 Å². The molecule has 4 nitrogen and oxygen atoms in total. The zero-order chi connectivity index (χ0) is 13.9. The number of anilines is 1. The van der Waals surface area contributed by atoms with Gasteiger partial charge in [0.05, 0.1) is 0 Å². The molecule has 1 aromatic rings. The van der Waals surface area contributed by atoms with Gasteiger partial charge in [-0.2, -0.15) is 0 Å². The van der Waals surface area contributed by atoms with Gasteiger partial charge in [-0.3, -0.25) is 4.79 Å². The molecule has 4 heteroatoms. The molecule has 1 aromatic carbocycles. The Morgan fingerprint density at radius 3 is 2.65 bits per heavy atom. The zero-order valence-electron chi connectivity index (χ0n) is 11.8. The van der Waals surface area contributed by atoms with Crippen LogP contribution in [-0.4, -0.2) is 30.1 Å². The quantitative estimate of drug-likeness (QED) is 0.856. The van der Waals surface area contributed by atoms with Gasteiger partial charge in [0.15, 0.2) is 0 Å². The van der Waals surface area contributed by atoms with Crippen molar-refractivity contribution in [3.8, 4) is 0 Å². The van der Waals surface area contributed by atoms with Crippen molar-refractivity contribution in [2.45, 2.75) is 38.3 Å². The van der Waals surface area contributed by atoms with Crippen LogP contribution in [0.4, 0.5) is 5.69 Å². The second-order valence-corrected chi connectivity index (χ2v) is 5.83. The minimum Gasteiger partial charge on any atom is -0.399 e. The molecule has 0 radical (unpaired) electrons. The summed E-state index contributed by atoms with van der Waals surface area (Å²) in [5.41, 5.74) is 7.71. The monoisotopic (exact) mass is 274 g/mol. The summed E-state index contributed by atoms with van der Waals surface area (Å²) in [4.78, 5) is 14.8. The molecule has 1 saturated heterocycles. The van der Waals surface area contributed by atoms with Crippen molar-refractivity contribution in [1.82, 2.24) is 4.90 Å². The normalized spacial score (nSPS) is 19.8. The molecule has 1 aliphatic heterocycles. The highest BCUT2D eigenvalue weighted by molar-refractivity contribution is 5.79. The zero-order valence-corrected chi connectivity index (χ0v) is 11.8. The first-order valence-electron chi connectivity index (χ1n) is 7.46. The molecule has 108 valence electrons. The molecule has 1 saturated carbocycles. The van der Waals surface area contributed by atoms with E-state index < -0.39 is 0 Å². The number of benzene rings is 1. The van der Waals surface area contributed by atoms with E-state index in [-0.39, 0.29) is 5.92 Å². The fourth-order valence-corrected chi connectivity index (χ4v) is 2.84. The van der Waals surface area contributed by atoms with Gasteiger partial charge in [0.25, 0.3) is 0 Å². The van der Waals surface area contributed by atoms with Crippen molar-refractivity contribution in [3.05, 3.63) is 29.8 Å². The number of carbonyl (C=O) groups excluding carboxylic acids is 1. The Morgan fingerprint density at radius 2 is 2.00 bits per heavy atom. The Balaban J connectivity index is 1.70. The summed E-state index contributed by atoms with van der Waals surface area (Å²) in [5, 5.41) is 0. The second kappa shape index (κ2) is 5.83. The van der Waals surface area contributed by atoms with Gasteiger partial charge in [-0.15, -0.1) is 0 Å².